The Morgan fingerprint density at radius 2 is 1.77 bits per heavy atom. The fourth-order valence-electron chi connectivity index (χ4n) is 2.42. The molecule has 9 nitrogen and oxygen atoms in total. The minimum atomic E-state index is -3.80. The number of benzene rings is 2. The maximum atomic E-state index is 12.2. The van der Waals surface area contributed by atoms with Crippen LogP contribution in [0.15, 0.2) is 41.3 Å². The Kier molecular flexibility index (Phi) is 7.54. The number of hydrogen-bond donors (Lipinski definition) is 3. The molecule has 0 spiro atoms. The quantitative estimate of drug-likeness (QED) is 0.575. The zero-order valence-corrected chi connectivity index (χ0v) is 18.0. The Hall–Kier alpha value is -2.95. The van der Waals surface area contributed by atoms with Crippen LogP contribution in [0.5, 0.6) is 0 Å². The molecule has 0 saturated carbocycles. The van der Waals surface area contributed by atoms with Crippen molar-refractivity contribution in [3.63, 3.8) is 0 Å². The van der Waals surface area contributed by atoms with Gasteiger partial charge in [-0.1, -0.05) is 29.3 Å². The molecule has 0 atom stereocenters. The number of esters is 1. The predicted molar refractivity (Wildman–Crippen MR) is 111 cm³/mol. The van der Waals surface area contributed by atoms with Crippen molar-refractivity contribution in [1.82, 2.24) is 10.0 Å². The lowest BCUT2D eigenvalue weighted by Crippen LogP contribution is -2.37. The molecule has 2 aromatic rings. The van der Waals surface area contributed by atoms with E-state index in [1.165, 1.54) is 19.2 Å². The van der Waals surface area contributed by atoms with Gasteiger partial charge in [0.2, 0.25) is 10.0 Å². The van der Waals surface area contributed by atoms with Crippen molar-refractivity contribution in [2.75, 3.05) is 19.0 Å². The summed E-state index contributed by atoms with van der Waals surface area (Å²) in [7, 11) is -2.59. The summed E-state index contributed by atoms with van der Waals surface area (Å²) >= 11 is 5.92. The first kappa shape index (κ1) is 23.3. The van der Waals surface area contributed by atoms with Gasteiger partial charge in [-0.3, -0.25) is 10.1 Å². The van der Waals surface area contributed by atoms with Gasteiger partial charge in [0.15, 0.2) is 6.61 Å². The molecule has 0 bridgehead atoms. The standard InChI is InChI=1S/C19H20ClN3O6S/c1-11-4-7-16(12(2)8-11)22-19(26)23-17(24)10-29-18(25)14-9-13(5-6-15(14)20)30(27,28)21-3/h4-9,21H,10H2,1-3H3,(H2,22,23,24,26). The lowest BCUT2D eigenvalue weighted by Gasteiger charge is -2.11. The first-order valence-electron chi connectivity index (χ1n) is 8.62. The first-order chi connectivity index (χ1) is 14.0. The van der Waals surface area contributed by atoms with Gasteiger partial charge in [-0.2, -0.15) is 0 Å². The molecule has 160 valence electrons. The van der Waals surface area contributed by atoms with Crippen LogP contribution < -0.4 is 15.4 Å². The molecule has 0 aliphatic heterocycles. The molecule has 0 aromatic heterocycles. The molecule has 0 heterocycles. The highest BCUT2D eigenvalue weighted by molar-refractivity contribution is 7.89. The number of rotatable bonds is 6. The summed E-state index contributed by atoms with van der Waals surface area (Å²) in [5.41, 5.74) is 2.12. The summed E-state index contributed by atoms with van der Waals surface area (Å²) in [5.74, 6) is -1.89. The number of hydrogen-bond acceptors (Lipinski definition) is 6. The van der Waals surface area contributed by atoms with Crippen molar-refractivity contribution in [3.8, 4) is 0 Å². The van der Waals surface area contributed by atoms with Crippen LogP contribution in [0.4, 0.5) is 10.5 Å². The van der Waals surface area contributed by atoms with E-state index in [-0.39, 0.29) is 15.5 Å². The minimum absolute atomic E-state index is 0.0527. The number of ether oxygens (including phenoxy) is 1. The summed E-state index contributed by atoms with van der Waals surface area (Å²) < 4.78 is 30.6. The van der Waals surface area contributed by atoms with Gasteiger partial charge in [0.05, 0.1) is 15.5 Å². The average Bonchev–Trinajstić information content (AvgIpc) is 2.68. The number of carbonyl (C=O) groups excluding carboxylic acids is 3. The molecule has 2 aromatic carbocycles. The van der Waals surface area contributed by atoms with Crippen LogP contribution in [-0.2, 0) is 19.6 Å². The molecule has 0 aliphatic carbocycles. The lowest BCUT2D eigenvalue weighted by molar-refractivity contribution is -0.123. The second kappa shape index (κ2) is 9.70. The van der Waals surface area contributed by atoms with Crippen molar-refractivity contribution in [3.05, 3.63) is 58.1 Å². The number of aryl methyl sites for hydroxylation is 2. The summed E-state index contributed by atoms with van der Waals surface area (Å²) in [6.45, 7) is 2.95. The maximum Gasteiger partial charge on any atom is 0.340 e. The molecule has 11 heteroatoms. The van der Waals surface area contributed by atoms with Crippen molar-refractivity contribution < 1.29 is 27.5 Å². The molecule has 0 radical (unpaired) electrons. The number of carbonyl (C=O) groups is 3. The third-order valence-corrected chi connectivity index (χ3v) is 5.70. The second-order valence-electron chi connectivity index (χ2n) is 6.25. The predicted octanol–water partition coefficient (Wildman–Crippen LogP) is 2.37. The number of amides is 3. The van der Waals surface area contributed by atoms with E-state index in [4.69, 9.17) is 16.3 Å². The van der Waals surface area contributed by atoms with Crippen LogP contribution in [0.25, 0.3) is 0 Å². The summed E-state index contributed by atoms with van der Waals surface area (Å²) in [4.78, 5) is 35.8. The number of anilines is 1. The van der Waals surface area contributed by atoms with Gasteiger partial charge in [0.1, 0.15) is 0 Å². The zero-order chi connectivity index (χ0) is 22.5. The van der Waals surface area contributed by atoms with Crippen molar-refractivity contribution >= 4 is 45.2 Å². The Morgan fingerprint density at radius 1 is 1.07 bits per heavy atom. The zero-order valence-electron chi connectivity index (χ0n) is 16.4. The molecule has 0 aliphatic rings. The SMILES string of the molecule is CNS(=O)(=O)c1ccc(Cl)c(C(=O)OCC(=O)NC(=O)Nc2ccc(C)cc2C)c1. The fourth-order valence-corrected chi connectivity index (χ4v) is 3.38. The number of imide groups is 1. The van der Waals surface area contributed by atoms with Gasteiger partial charge in [-0.25, -0.2) is 22.7 Å². The highest BCUT2D eigenvalue weighted by Gasteiger charge is 2.19. The minimum Gasteiger partial charge on any atom is -0.452 e. The summed E-state index contributed by atoms with van der Waals surface area (Å²) in [5, 5.41) is 4.50. The van der Waals surface area contributed by atoms with Crippen LogP contribution in [0.3, 0.4) is 0 Å². The largest absolute Gasteiger partial charge is 0.452 e. The smallest absolute Gasteiger partial charge is 0.340 e. The Balaban J connectivity index is 1.97. The number of sulfonamides is 1. The Morgan fingerprint density at radius 3 is 2.40 bits per heavy atom. The van der Waals surface area contributed by atoms with Crippen molar-refractivity contribution in [2.24, 2.45) is 0 Å². The summed E-state index contributed by atoms with van der Waals surface area (Å²) in [6.07, 6.45) is 0. The van der Waals surface area contributed by atoms with Crippen LogP contribution in [-0.4, -0.2) is 40.0 Å². The molecule has 30 heavy (non-hydrogen) atoms. The van der Waals surface area contributed by atoms with E-state index in [0.717, 1.165) is 17.2 Å². The monoisotopic (exact) mass is 453 g/mol. The Labute approximate surface area is 178 Å². The lowest BCUT2D eigenvalue weighted by atomic mass is 10.1. The van der Waals surface area contributed by atoms with Gasteiger partial charge >= 0.3 is 12.0 Å². The van der Waals surface area contributed by atoms with Gasteiger partial charge in [0.25, 0.3) is 5.91 Å². The van der Waals surface area contributed by atoms with E-state index in [2.05, 4.69) is 10.0 Å². The third kappa shape index (κ3) is 6.02. The van der Waals surface area contributed by atoms with Crippen molar-refractivity contribution in [2.45, 2.75) is 18.7 Å². The highest BCUT2D eigenvalue weighted by Crippen LogP contribution is 2.21. The third-order valence-electron chi connectivity index (χ3n) is 3.95. The molecule has 0 fully saturated rings. The normalized spacial score (nSPS) is 10.9. The van der Waals surface area contributed by atoms with Crippen LogP contribution in [0, 0.1) is 13.8 Å². The molecule has 2 rings (SSSR count). The number of nitrogens with one attached hydrogen (secondary N) is 3. The van der Waals surface area contributed by atoms with E-state index in [1.54, 1.807) is 19.1 Å². The Bertz CT molecular complexity index is 1100. The highest BCUT2D eigenvalue weighted by atomic mass is 35.5. The van der Waals surface area contributed by atoms with E-state index < -0.39 is 34.5 Å². The van der Waals surface area contributed by atoms with Gasteiger partial charge < -0.3 is 10.1 Å². The molecular formula is C19H20ClN3O6S. The van der Waals surface area contributed by atoms with E-state index in [0.29, 0.717) is 5.69 Å². The van der Waals surface area contributed by atoms with E-state index in [9.17, 15) is 22.8 Å². The van der Waals surface area contributed by atoms with Crippen molar-refractivity contribution in [1.29, 1.82) is 0 Å². The maximum absolute atomic E-state index is 12.2. The first-order valence-corrected chi connectivity index (χ1v) is 10.5. The van der Waals surface area contributed by atoms with E-state index >= 15 is 0 Å². The van der Waals surface area contributed by atoms with Gasteiger partial charge in [-0.15, -0.1) is 0 Å². The van der Waals surface area contributed by atoms with E-state index in [1.807, 2.05) is 18.3 Å². The molecule has 3 N–H and O–H groups in total. The number of urea groups is 1. The molecule has 0 unspecified atom stereocenters. The van der Waals surface area contributed by atoms with Gasteiger partial charge in [-0.05, 0) is 50.7 Å². The fraction of sp³-hybridized carbons (Fsp3) is 0.211. The molecular weight excluding hydrogens is 434 g/mol. The topological polar surface area (TPSA) is 131 Å². The average molecular weight is 454 g/mol. The second-order valence-corrected chi connectivity index (χ2v) is 8.54. The summed E-state index contributed by atoms with van der Waals surface area (Å²) in [6, 6.07) is 8.05. The number of halogens is 1. The van der Waals surface area contributed by atoms with Gasteiger partial charge in [0, 0.05) is 5.69 Å². The van der Waals surface area contributed by atoms with Crippen LogP contribution >= 0.6 is 11.6 Å². The van der Waals surface area contributed by atoms with Crippen LogP contribution in [0.2, 0.25) is 5.02 Å². The van der Waals surface area contributed by atoms with Crippen LogP contribution in [0.1, 0.15) is 21.5 Å². The molecule has 0 saturated heterocycles. The molecule has 3 amide bonds.